The number of aliphatic hydroxyl groups is 5. The molecule has 1 fully saturated rings. The summed E-state index contributed by atoms with van der Waals surface area (Å²) in [7, 11) is -5.13. The highest BCUT2D eigenvalue weighted by Crippen LogP contribution is 2.47. The molecule has 1 rings (SSSR count). The van der Waals surface area contributed by atoms with Gasteiger partial charge in [0.05, 0.1) is 6.61 Å². The van der Waals surface area contributed by atoms with Crippen LogP contribution in [0.4, 0.5) is 0 Å². The van der Waals surface area contributed by atoms with Gasteiger partial charge in [-0.2, -0.15) is 0 Å². The summed E-state index contributed by atoms with van der Waals surface area (Å²) in [5.41, 5.74) is 0. The smallest absolute Gasteiger partial charge is 0.462 e. The average Bonchev–Trinajstić information content (AvgIpc) is 3.26. The molecule has 0 aliphatic heterocycles. The van der Waals surface area contributed by atoms with Crippen molar-refractivity contribution in [3.05, 3.63) is 48.6 Å². The molecule has 6 unspecified atom stereocenters. The van der Waals surface area contributed by atoms with E-state index >= 15 is 0 Å². The highest BCUT2D eigenvalue weighted by molar-refractivity contribution is 7.47. The van der Waals surface area contributed by atoms with E-state index in [9.17, 15) is 44.6 Å². The van der Waals surface area contributed by atoms with Crippen LogP contribution in [0.25, 0.3) is 0 Å². The maximum Gasteiger partial charge on any atom is 0.472 e. The zero-order valence-electron chi connectivity index (χ0n) is 38.9. The van der Waals surface area contributed by atoms with Gasteiger partial charge in [0.15, 0.2) is 6.10 Å². The maximum atomic E-state index is 12.8. The molecule has 0 amide bonds. The summed E-state index contributed by atoms with van der Waals surface area (Å²) in [6.07, 6.45) is 33.0. The standard InChI is InChI=1S/C49H87O13P/c1-3-5-7-9-11-13-15-17-19-21-23-25-27-29-31-33-35-37-42(50)59-39-41(40-60-63(57,58)62-49-47(55)45(53)44(52)46(54)48(49)56)61-43(51)38-36-34-32-30-28-26-24-22-20-18-16-14-12-10-8-6-4-2/h11,13,17-20,23,25,41,44-49,52-56H,3-10,12,14-16,21-22,24,26-40H2,1-2H3,(H,57,58)/b13-11-,19-17-,20-18-,25-23-/t41-,44?,45-,46?,47?,48?,49?/m1/s1. The quantitative estimate of drug-likeness (QED) is 0.0147. The Balaban J connectivity index is 2.46. The Hall–Kier alpha value is -2.19. The van der Waals surface area contributed by atoms with Gasteiger partial charge in [-0.3, -0.25) is 18.6 Å². The van der Waals surface area contributed by atoms with Gasteiger partial charge in [0.25, 0.3) is 0 Å². The number of phosphoric ester groups is 1. The minimum atomic E-state index is -5.13. The van der Waals surface area contributed by atoms with E-state index < -0.39 is 75.7 Å². The minimum Gasteiger partial charge on any atom is -0.462 e. The third kappa shape index (κ3) is 31.4. The van der Waals surface area contributed by atoms with E-state index in [0.29, 0.717) is 12.8 Å². The van der Waals surface area contributed by atoms with Crippen molar-refractivity contribution in [2.45, 2.75) is 236 Å². The van der Waals surface area contributed by atoms with Gasteiger partial charge < -0.3 is 39.9 Å². The molecule has 1 aliphatic rings. The zero-order valence-corrected chi connectivity index (χ0v) is 39.8. The molecule has 0 heterocycles. The molecule has 0 spiro atoms. The van der Waals surface area contributed by atoms with Gasteiger partial charge in [0, 0.05) is 12.8 Å². The number of phosphoric acid groups is 1. The monoisotopic (exact) mass is 915 g/mol. The first-order valence-electron chi connectivity index (χ1n) is 24.4. The normalized spacial score (nSPS) is 22.1. The fourth-order valence-electron chi connectivity index (χ4n) is 7.17. The molecule has 0 aromatic carbocycles. The van der Waals surface area contributed by atoms with Gasteiger partial charge in [0.1, 0.15) is 43.2 Å². The molecule has 1 aliphatic carbocycles. The Morgan fingerprint density at radius 1 is 0.492 bits per heavy atom. The van der Waals surface area contributed by atoms with Crippen molar-refractivity contribution in [3.8, 4) is 0 Å². The number of aliphatic hydroxyl groups excluding tert-OH is 5. The van der Waals surface area contributed by atoms with Gasteiger partial charge in [-0.25, -0.2) is 4.57 Å². The maximum absolute atomic E-state index is 12.8. The lowest BCUT2D eigenvalue weighted by atomic mass is 9.85. The predicted octanol–water partition coefficient (Wildman–Crippen LogP) is 9.95. The number of esters is 2. The molecule has 0 aromatic rings. The van der Waals surface area contributed by atoms with Gasteiger partial charge in [0.2, 0.25) is 0 Å². The number of ether oxygens (including phenoxy) is 2. The molecule has 14 heteroatoms. The van der Waals surface area contributed by atoms with E-state index in [-0.39, 0.29) is 12.8 Å². The van der Waals surface area contributed by atoms with Crippen molar-refractivity contribution < 1.29 is 63.1 Å². The molecule has 366 valence electrons. The Morgan fingerprint density at radius 2 is 0.857 bits per heavy atom. The summed E-state index contributed by atoms with van der Waals surface area (Å²) < 4.78 is 33.6. The van der Waals surface area contributed by atoms with Crippen LogP contribution >= 0.6 is 7.82 Å². The Bertz CT molecular complexity index is 1290. The molecular formula is C49H87O13P. The largest absolute Gasteiger partial charge is 0.472 e. The summed E-state index contributed by atoms with van der Waals surface area (Å²) >= 11 is 0. The number of unbranched alkanes of at least 4 members (excludes halogenated alkanes) is 20. The summed E-state index contributed by atoms with van der Waals surface area (Å²) in [5, 5.41) is 50.2. The second-order valence-electron chi connectivity index (χ2n) is 17.0. The van der Waals surface area contributed by atoms with Crippen molar-refractivity contribution >= 4 is 19.8 Å². The number of carbonyl (C=O) groups excluding carboxylic acids is 2. The second-order valence-corrected chi connectivity index (χ2v) is 18.4. The van der Waals surface area contributed by atoms with Crippen molar-refractivity contribution in [3.63, 3.8) is 0 Å². The van der Waals surface area contributed by atoms with Gasteiger partial charge in [-0.15, -0.1) is 0 Å². The summed E-state index contributed by atoms with van der Waals surface area (Å²) in [6, 6.07) is 0. The Morgan fingerprint density at radius 3 is 1.35 bits per heavy atom. The van der Waals surface area contributed by atoms with E-state index in [2.05, 4.69) is 62.5 Å². The van der Waals surface area contributed by atoms with Crippen LogP contribution in [0.3, 0.4) is 0 Å². The molecule has 6 N–H and O–H groups in total. The molecular weight excluding hydrogens is 827 g/mol. The van der Waals surface area contributed by atoms with Crippen LogP contribution in [0.2, 0.25) is 0 Å². The fraction of sp³-hybridized carbons (Fsp3) is 0.796. The van der Waals surface area contributed by atoms with Crippen LogP contribution in [-0.2, 0) is 32.7 Å². The van der Waals surface area contributed by atoms with E-state index in [4.69, 9.17) is 18.5 Å². The third-order valence-corrected chi connectivity index (χ3v) is 12.1. The molecule has 0 radical (unpaired) electrons. The molecule has 1 saturated carbocycles. The highest BCUT2D eigenvalue weighted by atomic mass is 31.2. The van der Waals surface area contributed by atoms with E-state index in [1.165, 1.54) is 70.6 Å². The van der Waals surface area contributed by atoms with Crippen molar-refractivity contribution in [1.82, 2.24) is 0 Å². The number of carbonyl (C=O) groups is 2. The molecule has 0 bridgehead atoms. The first-order valence-corrected chi connectivity index (χ1v) is 25.9. The van der Waals surface area contributed by atoms with E-state index in [1.54, 1.807) is 0 Å². The SMILES string of the molecule is CCCCC/C=C\C/C=C\C/C=C\CCCCCCC(=O)OC[C@H](COP(=O)(O)OC1C(O)C(O)C(O)[C@@H](O)C1O)OC(=O)CCCCCCCCC/C=C\CCCCCCCC. The molecule has 0 saturated heterocycles. The molecule has 8 atom stereocenters. The summed E-state index contributed by atoms with van der Waals surface area (Å²) in [6.45, 7) is 3.25. The van der Waals surface area contributed by atoms with Crippen molar-refractivity contribution in [1.29, 1.82) is 0 Å². The lowest BCUT2D eigenvalue weighted by Crippen LogP contribution is -2.64. The summed E-state index contributed by atoms with van der Waals surface area (Å²) in [5.74, 6) is -1.13. The van der Waals surface area contributed by atoms with Gasteiger partial charge in [-0.1, -0.05) is 152 Å². The Kier molecular flexibility index (Phi) is 36.4. The Labute approximate surface area is 380 Å². The van der Waals surface area contributed by atoms with Crippen molar-refractivity contribution in [2.75, 3.05) is 13.2 Å². The van der Waals surface area contributed by atoms with Crippen LogP contribution in [0, 0.1) is 0 Å². The van der Waals surface area contributed by atoms with Crippen LogP contribution in [-0.4, -0.2) is 98.3 Å². The molecule has 0 aromatic heterocycles. The predicted molar refractivity (Wildman–Crippen MR) is 249 cm³/mol. The number of rotatable bonds is 40. The lowest BCUT2D eigenvalue weighted by Gasteiger charge is -2.41. The van der Waals surface area contributed by atoms with E-state index in [1.807, 2.05) is 0 Å². The van der Waals surface area contributed by atoms with Gasteiger partial charge >= 0.3 is 19.8 Å². The topological polar surface area (TPSA) is 210 Å². The fourth-order valence-corrected chi connectivity index (χ4v) is 8.14. The van der Waals surface area contributed by atoms with Crippen LogP contribution in [0.15, 0.2) is 48.6 Å². The zero-order chi connectivity index (χ0) is 46.4. The number of hydrogen-bond donors (Lipinski definition) is 6. The molecule has 63 heavy (non-hydrogen) atoms. The lowest BCUT2D eigenvalue weighted by molar-refractivity contribution is -0.220. The van der Waals surface area contributed by atoms with E-state index in [0.717, 1.165) is 83.5 Å². The second kappa shape index (κ2) is 39.0. The first kappa shape index (κ1) is 58.8. The minimum absolute atomic E-state index is 0.0857. The van der Waals surface area contributed by atoms with Crippen LogP contribution in [0.1, 0.15) is 194 Å². The van der Waals surface area contributed by atoms with Gasteiger partial charge in [-0.05, 0) is 77.0 Å². The molecule has 13 nitrogen and oxygen atoms in total. The third-order valence-electron chi connectivity index (χ3n) is 11.1. The number of hydrogen-bond acceptors (Lipinski definition) is 12. The first-order chi connectivity index (χ1) is 30.4. The highest BCUT2D eigenvalue weighted by Gasteiger charge is 2.51. The average molecular weight is 915 g/mol. The summed E-state index contributed by atoms with van der Waals surface area (Å²) in [4.78, 5) is 35.8. The number of allylic oxidation sites excluding steroid dienone is 8. The van der Waals surface area contributed by atoms with Crippen molar-refractivity contribution in [2.24, 2.45) is 0 Å². The van der Waals surface area contributed by atoms with Crippen LogP contribution in [0.5, 0.6) is 0 Å². The van der Waals surface area contributed by atoms with Crippen LogP contribution < -0.4 is 0 Å².